The maximum atomic E-state index is 13.0. The first-order valence-electron chi connectivity index (χ1n) is 10.3. The summed E-state index contributed by atoms with van der Waals surface area (Å²) in [6, 6.07) is 7.33. The molecule has 2 unspecified atom stereocenters. The summed E-state index contributed by atoms with van der Waals surface area (Å²) >= 11 is 0. The Bertz CT molecular complexity index is 873. The molecule has 0 aliphatic carbocycles. The predicted molar refractivity (Wildman–Crippen MR) is 109 cm³/mol. The van der Waals surface area contributed by atoms with Crippen molar-refractivity contribution in [3.05, 3.63) is 47.5 Å². The second-order valence-corrected chi connectivity index (χ2v) is 7.69. The number of rotatable bonds is 5. The van der Waals surface area contributed by atoms with Crippen molar-refractivity contribution in [2.45, 2.75) is 44.8 Å². The molecule has 7 heteroatoms. The number of carbonyl (C=O) groups is 1. The average Bonchev–Trinajstić information content (AvgIpc) is 2.78. The number of hydrogen-bond donors (Lipinski definition) is 1. The minimum Gasteiger partial charge on any atom is -0.497 e. The molecule has 0 spiro atoms. The summed E-state index contributed by atoms with van der Waals surface area (Å²) in [6.07, 6.45) is 4.28. The van der Waals surface area contributed by atoms with Crippen LogP contribution < -0.4 is 14.8 Å². The lowest BCUT2D eigenvalue weighted by Gasteiger charge is -2.34. The van der Waals surface area contributed by atoms with Crippen LogP contribution in [0.5, 0.6) is 11.5 Å². The van der Waals surface area contributed by atoms with E-state index in [1.54, 1.807) is 20.1 Å². The predicted octanol–water partition coefficient (Wildman–Crippen LogP) is 2.30. The Morgan fingerprint density at radius 2 is 2.21 bits per heavy atom. The molecule has 1 saturated heterocycles. The van der Waals surface area contributed by atoms with Gasteiger partial charge in [0.15, 0.2) is 6.10 Å². The molecule has 1 N–H and O–H groups in total. The van der Waals surface area contributed by atoms with Gasteiger partial charge in [-0.05, 0) is 31.9 Å². The standard InChI is InChI=1S/C22H28N4O3/c1-15(29-19-7-3-6-18(11-19)28-2)22(27)26-10-4-5-16(14-26)21-24-13-17-12-23-9-8-20(17)25-21/h3,6-7,11,13,15-16,23H,4-5,8-10,12,14H2,1-2H3. The lowest BCUT2D eigenvalue weighted by molar-refractivity contribution is -0.139. The number of aromatic nitrogens is 2. The van der Waals surface area contributed by atoms with E-state index in [9.17, 15) is 4.79 Å². The Balaban J connectivity index is 1.41. The van der Waals surface area contributed by atoms with Gasteiger partial charge in [-0.1, -0.05) is 6.07 Å². The number of amides is 1. The van der Waals surface area contributed by atoms with Crippen molar-refractivity contribution in [2.75, 3.05) is 26.7 Å². The minimum absolute atomic E-state index is 0.000296. The smallest absolute Gasteiger partial charge is 0.263 e. The van der Waals surface area contributed by atoms with E-state index >= 15 is 0 Å². The highest BCUT2D eigenvalue weighted by Crippen LogP contribution is 2.27. The van der Waals surface area contributed by atoms with Crippen LogP contribution in [0.1, 0.15) is 42.8 Å². The summed E-state index contributed by atoms with van der Waals surface area (Å²) in [7, 11) is 1.61. The molecule has 4 rings (SSSR count). The molecule has 3 heterocycles. The number of carbonyl (C=O) groups excluding carboxylic acids is 1. The van der Waals surface area contributed by atoms with Gasteiger partial charge in [0.2, 0.25) is 0 Å². The van der Waals surface area contributed by atoms with Crippen molar-refractivity contribution in [1.29, 1.82) is 0 Å². The lowest BCUT2D eigenvalue weighted by atomic mass is 9.96. The maximum absolute atomic E-state index is 13.0. The van der Waals surface area contributed by atoms with E-state index in [0.717, 1.165) is 50.4 Å². The summed E-state index contributed by atoms with van der Waals surface area (Å²) in [5.74, 6) is 2.38. The van der Waals surface area contributed by atoms with Gasteiger partial charge in [-0.2, -0.15) is 0 Å². The molecule has 1 amide bonds. The largest absolute Gasteiger partial charge is 0.497 e. The number of methoxy groups -OCH3 is 1. The quantitative estimate of drug-likeness (QED) is 0.836. The van der Waals surface area contributed by atoms with E-state index in [1.165, 1.54) is 5.56 Å². The van der Waals surface area contributed by atoms with E-state index in [4.69, 9.17) is 14.5 Å². The van der Waals surface area contributed by atoms with Crippen LogP contribution in [0.4, 0.5) is 0 Å². The van der Waals surface area contributed by atoms with Crippen molar-refractivity contribution in [2.24, 2.45) is 0 Å². The second kappa shape index (κ2) is 8.78. The fourth-order valence-corrected chi connectivity index (χ4v) is 4.02. The third kappa shape index (κ3) is 4.50. The molecule has 0 bridgehead atoms. The summed E-state index contributed by atoms with van der Waals surface area (Å²) in [5.41, 5.74) is 2.33. The molecular weight excluding hydrogens is 368 g/mol. The first-order chi connectivity index (χ1) is 14.1. The highest BCUT2D eigenvalue weighted by molar-refractivity contribution is 5.81. The Morgan fingerprint density at radius 1 is 1.34 bits per heavy atom. The van der Waals surface area contributed by atoms with Crippen LogP contribution in [0.25, 0.3) is 0 Å². The summed E-state index contributed by atoms with van der Waals surface area (Å²) in [6.45, 7) is 4.98. The number of ether oxygens (including phenoxy) is 2. The van der Waals surface area contributed by atoms with Crippen molar-refractivity contribution < 1.29 is 14.3 Å². The third-order valence-electron chi connectivity index (χ3n) is 5.63. The molecule has 0 radical (unpaired) electrons. The van der Waals surface area contributed by atoms with Gasteiger partial charge in [-0.3, -0.25) is 4.79 Å². The molecule has 0 saturated carbocycles. The second-order valence-electron chi connectivity index (χ2n) is 7.69. The number of nitrogens with zero attached hydrogens (tertiary/aromatic N) is 3. The van der Waals surface area contributed by atoms with Gasteiger partial charge in [0.05, 0.1) is 7.11 Å². The monoisotopic (exact) mass is 396 g/mol. The van der Waals surface area contributed by atoms with Gasteiger partial charge in [0.1, 0.15) is 17.3 Å². The van der Waals surface area contributed by atoms with Crippen molar-refractivity contribution >= 4 is 5.91 Å². The van der Waals surface area contributed by atoms with Crippen LogP contribution in [0, 0.1) is 0 Å². The van der Waals surface area contributed by atoms with Crippen LogP contribution >= 0.6 is 0 Å². The molecule has 2 atom stereocenters. The van der Waals surface area contributed by atoms with Crippen molar-refractivity contribution in [3.8, 4) is 11.5 Å². The van der Waals surface area contributed by atoms with Gasteiger partial charge in [0.25, 0.3) is 5.91 Å². The number of fused-ring (bicyclic) bond motifs is 1. The molecule has 154 valence electrons. The van der Waals surface area contributed by atoms with E-state index in [1.807, 2.05) is 29.3 Å². The Kier molecular flexibility index (Phi) is 5.94. The van der Waals surface area contributed by atoms with Crippen LogP contribution in [-0.4, -0.2) is 53.6 Å². The van der Waals surface area contributed by atoms with Gasteiger partial charge >= 0.3 is 0 Å². The molecule has 7 nitrogen and oxygen atoms in total. The normalized spacial score (nSPS) is 19.9. The number of benzene rings is 1. The van der Waals surface area contributed by atoms with Crippen LogP contribution in [0.15, 0.2) is 30.5 Å². The maximum Gasteiger partial charge on any atom is 0.263 e. The molecule has 1 fully saturated rings. The lowest BCUT2D eigenvalue weighted by Crippen LogP contribution is -2.45. The van der Waals surface area contributed by atoms with Gasteiger partial charge in [-0.15, -0.1) is 0 Å². The molecule has 29 heavy (non-hydrogen) atoms. The third-order valence-corrected chi connectivity index (χ3v) is 5.63. The van der Waals surface area contributed by atoms with Gasteiger partial charge < -0.3 is 19.7 Å². The first-order valence-corrected chi connectivity index (χ1v) is 10.3. The zero-order chi connectivity index (χ0) is 20.2. The molecule has 2 aliphatic rings. The fraction of sp³-hybridized carbons (Fsp3) is 0.500. The number of nitrogens with one attached hydrogen (secondary N) is 1. The van der Waals surface area contributed by atoms with Gasteiger partial charge in [-0.25, -0.2) is 9.97 Å². The van der Waals surface area contributed by atoms with Gasteiger partial charge in [0, 0.05) is 62.0 Å². The first kappa shape index (κ1) is 19.6. The molecule has 1 aromatic heterocycles. The Hall–Kier alpha value is -2.67. The van der Waals surface area contributed by atoms with E-state index < -0.39 is 6.10 Å². The fourth-order valence-electron chi connectivity index (χ4n) is 4.02. The van der Waals surface area contributed by atoms with Crippen molar-refractivity contribution in [3.63, 3.8) is 0 Å². The number of piperidine rings is 1. The zero-order valence-corrected chi connectivity index (χ0v) is 17.1. The van der Waals surface area contributed by atoms with Crippen LogP contribution in [0.2, 0.25) is 0 Å². The minimum atomic E-state index is -0.559. The highest BCUT2D eigenvalue weighted by Gasteiger charge is 2.30. The van der Waals surface area contributed by atoms with E-state index in [2.05, 4.69) is 10.3 Å². The zero-order valence-electron chi connectivity index (χ0n) is 17.1. The molecule has 1 aromatic carbocycles. The number of likely N-dealkylation sites (tertiary alicyclic amines) is 1. The van der Waals surface area contributed by atoms with Crippen LogP contribution in [0.3, 0.4) is 0 Å². The van der Waals surface area contributed by atoms with E-state index in [0.29, 0.717) is 18.0 Å². The molecule has 2 aliphatic heterocycles. The Morgan fingerprint density at radius 3 is 3.07 bits per heavy atom. The average molecular weight is 396 g/mol. The Labute approximate surface area is 171 Å². The summed E-state index contributed by atoms with van der Waals surface area (Å²) in [4.78, 5) is 24.3. The summed E-state index contributed by atoms with van der Waals surface area (Å²) in [5, 5.41) is 3.35. The van der Waals surface area contributed by atoms with Crippen LogP contribution in [-0.2, 0) is 17.8 Å². The molecular formula is C22H28N4O3. The molecule has 2 aromatic rings. The number of hydrogen-bond acceptors (Lipinski definition) is 6. The van der Waals surface area contributed by atoms with E-state index in [-0.39, 0.29) is 11.8 Å². The topological polar surface area (TPSA) is 76.6 Å². The highest BCUT2D eigenvalue weighted by atomic mass is 16.5. The summed E-state index contributed by atoms with van der Waals surface area (Å²) < 4.78 is 11.1. The van der Waals surface area contributed by atoms with Crippen molar-refractivity contribution in [1.82, 2.24) is 20.2 Å². The SMILES string of the molecule is COc1cccc(OC(C)C(=O)N2CCCC(c3ncc4c(n3)CCNC4)C2)c1.